The monoisotopic (exact) mass is 499 g/mol. The quantitative estimate of drug-likeness (QED) is 0.439. The lowest BCUT2D eigenvalue weighted by Crippen LogP contribution is -2.49. The summed E-state index contributed by atoms with van der Waals surface area (Å²) in [6.07, 6.45) is 4.45. The Morgan fingerprint density at radius 3 is 2.32 bits per heavy atom. The Kier molecular flexibility index (Phi) is 7.34. The minimum absolute atomic E-state index is 0.0628. The molecule has 1 saturated heterocycles. The smallest absolute Gasteiger partial charge is 0.224 e. The summed E-state index contributed by atoms with van der Waals surface area (Å²) in [6.45, 7) is 3.59. The normalized spacial score (nSPS) is 17.2. The van der Waals surface area contributed by atoms with Crippen molar-refractivity contribution in [1.82, 2.24) is 10.2 Å². The Balaban J connectivity index is 1.32. The van der Waals surface area contributed by atoms with Gasteiger partial charge in [0.25, 0.3) is 0 Å². The molecule has 37 heavy (non-hydrogen) atoms. The molecule has 0 bridgehead atoms. The van der Waals surface area contributed by atoms with Crippen LogP contribution in [-0.4, -0.2) is 37.0 Å². The van der Waals surface area contributed by atoms with Crippen molar-refractivity contribution in [3.8, 4) is 17.2 Å². The van der Waals surface area contributed by atoms with E-state index in [4.69, 9.17) is 0 Å². The zero-order valence-electron chi connectivity index (χ0n) is 20.9. The molecule has 1 aliphatic carbocycles. The van der Waals surface area contributed by atoms with Crippen LogP contribution in [-0.2, 0) is 16.6 Å². The van der Waals surface area contributed by atoms with Crippen LogP contribution >= 0.6 is 0 Å². The third kappa shape index (κ3) is 6.23. The Bertz CT molecular complexity index is 1280. The highest BCUT2D eigenvalue weighted by Gasteiger charge is 2.38. The number of nitrogens with zero attached hydrogens (tertiary/aromatic N) is 2. The highest BCUT2D eigenvalue weighted by atomic mass is 19.1. The average molecular weight is 500 g/mol. The van der Waals surface area contributed by atoms with Gasteiger partial charge in [-0.2, -0.15) is 5.26 Å². The Labute approximate surface area is 216 Å². The molecule has 0 spiro atoms. The first-order valence-electron chi connectivity index (χ1n) is 13.0. The number of halogens is 2. The highest BCUT2D eigenvalue weighted by Crippen LogP contribution is 2.38. The van der Waals surface area contributed by atoms with E-state index >= 15 is 0 Å². The number of carbonyl (C=O) groups excluding carboxylic acids is 1. The Hall–Kier alpha value is -3.56. The SMILES string of the molecule is N#Cc1cccc(-c2ccc(C3(CNC(=O)Cc4cc(F)cc(F)c4)CCN(CC4CC4)CC3)cc2)c1. The number of carbonyl (C=O) groups is 1. The van der Waals surface area contributed by atoms with E-state index in [1.54, 1.807) is 6.07 Å². The van der Waals surface area contributed by atoms with Crippen LogP contribution in [0.3, 0.4) is 0 Å². The Morgan fingerprint density at radius 1 is 0.973 bits per heavy atom. The summed E-state index contributed by atoms with van der Waals surface area (Å²) >= 11 is 0. The van der Waals surface area contributed by atoms with Gasteiger partial charge in [0.05, 0.1) is 18.1 Å². The number of amides is 1. The summed E-state index contributed by atoms with van der Waals surface area (Å²) in [5.41, 5.74) is 3.95. The van der Waals surface area contributed by atoms with Gasteiger partial charge in [0.15, 0.2) is 0 Å². The average Bonchev–Trinajstić information content (AvgIpc) is 3.72. The molecule has 4 nitrogen and oxygen atoms in total. The van der Waals surface area contributed by atoms with Crippen molar-refractivity contribution in [2.45, 2.75) is 37.5 Å². The van der Waals surface area contributed by atoms with E-state index in [-0.39, 0.29) is 17.7 Å². The van der Waals surface area contributed by atoms with Crippen molar-refractivity contribution in [3.63, 3.8) is 0 Å². The molecule has 1 N–H and O–H groups in total. The molecule has 6 heteroatoms. The first-order chi connectivity index (χ1) is 17.9. The maximum Gasteiger partial charge on any atom is 0.224 e. The lowest BCUT2D eigenvalue weighted by molar-refractivity contribution is -0.120. The van der Waals surface area contributed by atoms with Crippen molar-refractivity contribution in [3.05, 3.63) is 95.1 Å². The molecular formula is C31H31F2N3O. The van der Waals surface area contributed by atoms with Crippen LogP contribution in [0.4, 0.5) is 8.78 Å². The van der Waals surface area contributed by atoms with Crippen molar-refractivity contribution in [2.24, 2.45) is 5.92 Å². The molecule has 0 aromatic heterocycles. The maximum absolute atomic E-state index is 13.6. The van der Waals surface area contributed by atoms with Crippen LogP contribution in [0.1, 0.15) is 42.4 Å². The van der Waals surface area contributed by atoms with Crippen LogP contribution in [0.15, 0.2) is 66.7 Å². The zero-order valence-corrected chi connectivity index (χ0v) is 20.9. The van der Waals surface area contributed by atoms with Gasteiger partial charge < -0.3 is 10.2 Å². The molecule has 1 saturated carbocycles. The molecule has 2 aliphatic rings. The number of likely N-dealkylation sites (tertiary alicyclic amines) is 1. The lowest BCUT2D eigenvalue weighted by atomic mass is 9.72. The first-order valence-corrected chi connectivity index (χ1v) is 13.0. The summed E-state index contributed by atoms with van der Waals surface area (Å²) in [5.74, 6) is -0.762. The van der Waals surface area contributed by atoms with Gasteiger partial charge in [-0.3, -0.25) is 4.79 Å². The summed E-state index contributed by atoms with van der Waals surface area (Å²) in [5, 5.41) is 12.3. The minimum atomic E-state index is -0.678. The van der Waals surface area contributed by atoms with Crippen molar-refractivity contribution in [2.75, 3.05) is 26.2 Å². The minimum Gasteiger partial charge on any atom is -0.355 e. The van der Waals surface area contributed by atoms with Gasteiger partial charge in [-0.25, -0.2) is 8.78 Å². The van der Waals surface area contributed by atoms with Gasteiger partial charge in [-0.15, -0.1) is 0 Å². The molecule has 1 aliphatic heterocycles. The predicted octanol–water partition coefficient (Wildman–Crippen LogP) is 5.61. The van der Waals surface area contributed by atoms with E-state index in [1.165, 1.54) is 30.5 Å². The maximum atomic E-state index is 13.6. The van der Waals surface area contributed by atoms with E-state index in [9.17, 15) is 18.8 Å². The Morgan fingerprint density at radius 2 is 1.68 bits per heavy atom. The van der Waals surface area contributed by atoms with Crippen LogP contribution in [0.5, 0.6) is 0 Å². The van der Waals surface area contributed by atoms with Gasteiger partial charge >= 0.3 is 0 Å². The third-order valence-corrected chi connectivity index (χ3v) is 7.76. The second-order valence-electron chi connectivity index (χ2n) is 10.5. The molecule has 190 valence electrons. The second-order valence-corrected chi connectivity index (χ2v) is 10.5. The van der Waals surface area contributed by atoms with E-state index < -0.39 is 11.6 Å². The lowest BCUT2D eigenvalue weighted by Gasteiger charge is -2.42. The van der Waals surface area contributed by atoms with Crippen LogP contribution in [0.2, 0.25) is 0 Å². The number of benzene rings is 3. The largest absolute Gasteiger partial charge is 0.355 e. The van der Waals surface area contributed by atoms with Crippen LogP contribution in [0.25, 0.3) is 11.1 Å². The molecule has 1 amide bonds. The van der Waals surface area contributed by atoms with Gasteiger partial charge in [0.1, 0.15) is 11.6 Å². The molecule has 0 radical (unpaired) electrons. The van der Waals surface area contributed by atoms with Crippen LogP contribution < -0.4 is 5.32 Å². The number of hydrogen-bond acceptors (Lipinski definition) is 3. The molecule has 2 fully saturated rings. The summed E-state index contributed by atoms with van der Waals surface area (Å²) < 4.78 is 27.1. The fourth-order valence-electron chi connectivity index (χ4n) is 5.41. The number of nitrogens with one attached hydrogen (secondary N) is 1. The van der Waals surface area contributed by atoms with E-state index in [0.29, 0.717) is 17.7 Å². The molecule has 0 unspecified atom stereocenters. The van der Waals surface area contributed by atoms with E-state index in [0.717, 1.165) is 55.6 Å². The molecular weight excluding hydrogens is 468 g/mol. The molecule has 0 atom stereocenters. The first kappa shape index (κ1) is 25.1. The van der Waals surface area contributed by atoms with Crippen LogP contribution in [0, 0.1) is 28.9 Å². The summed E-state index contributed by atoms with van der Waals surface area (Å²) in [4.78, 5) is 15.3. The molecule has 3 aromatic carbocycles. The third-order valence-electron chi connectivity index (χ3n) is 7.76. The summed E-state index contributed by atoms with van der Waals surface area (Å²) in [6, 6.07) is 21.4. The molecule has 5 rings (SSSR count). The fourth-order valence-corrected chi connectivity index (χ4v) is 5.41. The van der Waals surface area contributed by atoms with Gasteiger partial charge in [0.2, 0.25) is 5.91 Å². The van der Waals surface area contributed by atoms with Gasteiger partial charge in [0, 0.05) is 24.6 Å². The topological polar surface area (TPSA) is 56.1 Å². The number of rotatable bonds is 8. The highest BCUT2D eigenvalue weighted by molar-refractivity contribution is 5.78. The van der Waals surface area contributed by atoms with Gasteiger partial charge in [-0.1, -0.05) is 36.4 Å². The second kappa shape index (κ2) is 10.8. The number of piperidine rings is 1. The molecule has 3 aromatic rings. The standard InChI is InChI=1S/C31H31F2N3O/c32-28-15-24(16-29(33)18-28)17-30(37)35-21-31(10-12-36(13-11-31)20-22-4-5-22)27-8-6-25(7-9-27)26-3-1-2-23(14-26)19-34/h1-3,6-9,14-16,18,22H,4-5,10-13,17,20-21H2,(H,35,37). The summed E-state index contributed by atoms with van der Waals surface area (Å²) in [7, 11) is 0. The number of hydrogen-bond donors (Lipinski definition) is 1. The fraction of sp³-hybridized carbons (Fsp3) is 0.355. The number of nitriles is 1. The van der Waals surface area contributed by atoms with Crippen molar-refractivity contribution < 1.29 is 13.6 Å². The zero-order chi connectivity index (χ0) is 25.8. The van der Waals surface area contributed by atoms with Crippen molar-refractivity contribution in [1.29, 1.82) is 5.26 Å². The van der Waals surface area contributed by atoms with Gasteiger partial charge in [-0.05, 0) is 91.2 Å². The van der Waals surface area contributed by atoms with Crippen molar-refractivity contribution >= 4 is 5.91 Å². The molecule has 1 heterocycles. The predicted molar refractivity (Wildman–Crippen MR) is 140 cm³/mol. The van der Waals surface area contributed by atoms with E-state index in [1.807, 2.05) is 18.2 Å². The van der Waals surface area contributed by atoms with E-state index in [2.05, 4.69) is 40.6 Å².